The van der Waals surface area contributed by atoms with E-state index in [1.807, 2.05) is 30.3 Å². The maximum Gasteiger partial charge on any atom is 0.258 e. The number of methoxy groups -OCH3 is 1. The Labute approximate surface area is 190 Å². The third-order valence-corrected chi connectivity index (χ3v) is 6.10. The summed E-state index contributed by atoms with van der Waals surface area (Å²) in [5.41, 5.74) is 0.938. The van der Waals surface area contributed by atoms with Gasteiger partial charge < -0.3 is 15.4 Å². The van der Waals surface area contributed by atoms with Crippen molar-refractivity contribution in [2.45, 2.75) is 31.1 Å². The number of carbonyl (C=O) groups is 2. The summed E-state index contributed by atoms with van der Waals surface area (Å²) in [5.74, 6) is -2.26. The van der Waals surface area contributed by atoms with Crippen LogP contribution in [0.5, 0.6) is 5.75 Å². The standard InChI is InChI=1S/C26H24F2N2O3/c1-33-23-16-19(10-12-22(23)30-24(31)20-11-9-18(27)15-21(20)28)29-25(32)26(13-5-6-14-26)17-7-3-2-4-8-17/h2-4,7-12,15-16H,5-6,13-14H2,1H3,(H,29,32)(H,30,31). The third-order valence-electron chi connectivity index (χ3n) is 6.10. The normalized spacial score (nSPS) is 14.5. The summed E-state index contributed by atoms with van der Waals surface area (Å²) in [6, 6.07) is 17.3. The first-order valence-corrected chi connectivity index (χ1v) is 10.7. The van der Waals surface area contributed by atoms with E-state index in [-0.39, 0.29) is 11.5 Å². The molecule has 0 unspecified atom stereocenters. The first-order valence-electron chi connectivity index (χ1n) is 10.7. The van der Waals surface area contributed by atoms with Crippen molar-refractivity contribution in [2.75, 3.05) is 17.7 Å². The van der Waals surface area contributed by atoms with Crippen molar-refractivity contribution >= 4 is 23.2 Å². The van der Waals surface area contributed by atoms with Gasteiger partial charge in [-0.3, -0.25) is 9.59 Å². The van der Waals surface area contributed by atoms with E-state index >= 15 is 0 Å². The number of anilines is 2. The van der Waals surface area contributed by atoms with Crippen molar-refractivity contribution in [1.82, 2.24) is 0 Å². The molecule has 7 heteroatoms. The first-order chi connectivity index (χ1) is 15.9. The summed E-state index contributed by atoms with van der Waals surface area (Å²) in [6.07, 6.45) is 3.52. The topological polar surface area (TPSA) is 67.4 Å². The van der Waals surface area contributed by atoms with Gasteiger partial charge in [0, 0.05) is 17.8 Å². The Kier molecular flexibility index (Phi) is 6.40. The summed E-state index contributed by atoms with van der Waals surface area (Å²) < 4.78 is 32.4. The van der Waals surface area contributed by atoms with Gasteiger partial charge in [0.05, 0.1) is 23.8 Å². The molecular weight excluding hydrogens is 426 g/mol. The number of amides is 2. The molecule has 5 nitrogen and oxygen atoms in total. The van der Waals surface area contributed by atoms with E-state index in [0.717, 1.165) is 43.4 Å². The Balaban J connectivity index is 1.54. The fraction of sp³-hybridized carbons (Fsp3) is 0.231. The number of ether oxygens (including phenoxy) is 1. The Hall–Kier alpha value is -3.74. The lowest BCUT2D eigenvalue weighted by atomic mass is 9.78. The highest BCUT2D eigenvalue weighted by atomic mass is 19.1. The lowest BCUT2D eigenvalue weighted by molar-refractivity contribution is -0.121. The molecule has 0 bridgehead atoms. The minimum Gasteiger partial charge on any atom is -0.494 e. The fourth-order valence-electron chi connectivity index (χ4n) is 4.37. The highest BCUT2D eigenvalue weighted by Gasteiger charge is 2.42. The second-order valence-electron chi connectivity index (χ2n) is 8.10. The number of carbonyl (C=O) groups excluding carboxylic acids is 2. The number of hydrogen-bond donors (Lipinski definition) is 2. The molecule has 1 aliphatic carbocycles. The molecule has 3 aromatic rings. The molecule has 0 spiro atoms. The number of rotatable bonds is 6. The molecule has 0 radical (unpaired) electrons. The third kappa shape index (κ3) is 4.58. The molecule has 4 rings (SSSR count). The molecule has 3 aromatic carbocycles. The largest absolute Gasteiger partial charge is 0.494 e. The summed E-state index contributed by atoms with van der Waals surface area (Å²) in [5, 5.41) is 5.56. The van der Waals surface area contributed by atoms with Gasteiger partial charge in [0.15, 0.2) is 0 Å². The second-order valence-corrected chi connectivity index (χ2v) is 8.10. The van der Waals surface area contributed by atoms with E-state index in [2.05, 4.69) is 10.6 Å². The minimum atomic E-state index is -0.960. The lowest BCUT2D eigenvalue weighted by Gasteiger charge is -2.28. The molecule has 170 valence electrons. The number of benzene rings is 3. The predicted octanol–water partition coefficient (Wildman–Crippen LogP) is 5.68. The molecule has 0 aliphatic heterocycles. The maximum absolute atomic E-state index is 13.9. The zero-order valence-corrected chi connectivity index (χ0v) is 18.2. The van der Waals surface area contributed by atoms with Gasteiger partial charge in [-0.05, 0) is 42.7 Å². The van der Waals surface area contributed by atoms with Gasteiger partial charge in [-0.1, -0.05) is 43.2 Å². The molecule has 1 aliphatic rings. The van der Waals surface area contributed by atoms with E-state index in [1.165, 1.54) is 7.11 Å². The van der Waals surface area contributed by atoms with Gasteiger partial charge in [-0.15, -0.1) is 0 Å². The Morgan fingerprint density at radius 1 is 0.909 bits per heavy atom. The lowest BCUT2D eigenvalue weighted by Crippen LogP contribution is -2.37. The number of halogens is 2. The van der Waals surface area contributed by atoms with Crippen LogP contribution in [-0.4, -0.2) is 18.9 Å². The second kappa shape index (κ2) is 9.40. The molecule has 33 heavy (non-hydrogen) atoms. The fourth-order valence-corrected chi connectivity index (χ4v) is 4.37. The average Bonchev–Trinajstić information content (AvgIpc) is 3.32. The van der Waals surface area contributed by atoms with Crippen molar-refractivity contribution in [3.8, 4) is 5.75 Å². The van der Waals surface area contributed by atoms with Gasteiger partial charge in [0.25, 0.3) is 5.91 Å². The van der Waals surface area contributed by atoms with Crippen molar-refractivity contribution in [2.24, 2.45) is 0 Å². The molecular formula is C26H24F2N2O3. The van der Waals surface area contributed by atoms with Crippen LogP contribution in [0.15, 0.2) is 66.7 Å². The Bertz CT molecular complexity index is 1180. The molecule has 1 saturated carbocycles. The maximum atomic E-state index is 13.9. The zero-order chi connectivity index (χ0) is 23.4. The predicted molar refractivity (Wildman–Crippen MR) is 123 cm³/mol. The van der Waals surface area contributed by atoms with Gasteiger partial charge in [-0.25, -0.2) is 8.78 Å². The van der Waals surface area contributed by atoms with Crippen LogP contribution in [0.4, 0.5) is 20.2 Å². The molecule has 0 aromatic heterocycles. The molecule has 0 saturated heterocycles. The smallest absolute Gasteiger partial charge is 0.258 e. The quantitative estimate of drug-likeness (QED) is 0.508. The van der Waals surface area contributed by atoms with Crippen molar-refractivity contribution in [3.05, 3.63) is 89.5 Å². The number of hydrogen-bond acceptors (Lipinski definition) is 3. The van der Waals surface area contributed by atoms with Crippen LogP contribution in [0.2, 0.25) is 0 Å². The molecule has 0 atom stereocenters. The average molecular weight is 450 g/mol. The minimum absolute atomic E-state index is 0.0848. The van der Waals surface area contributed by atoms with E-state index in [1.54, 1.807) is 18.2 Å². The summed E-state index contributed by atoms with van der Waals surface area (Å²) in [4.78, 5) is 25.8. The monoisotopic (exact) mass is 450 g/mol. The summed E-state index contributed by atoms with van der Waals surface area (Å²) in [7, 11) is 1.43. The van der Waals surface area contributed by atoms with Crippen LogP contribution < -0.4 is 15.4 Å². The van der Waals surface area contributed by atoms with Crippen LogP contribution in [0.3, 0.4) is 0 Å². The van der Waals surface area contributed by atoms with Crippen molar-refractivity contribution in [1.29, 1.82) is 0 Å². The van der Waals surface area contributed by atoms with Crippen LogP contribution in [0.1, 0.15) is 41.6 Å². The van der Waals surface area contributed by atoms with E-state index < -0.39 is 23.0 Å². The van der Waals surface area contributed by atoms with Gasteiger partial charge >= 0.3 is 0 Å². The van der Waals surface area contributed by atoms with Crippen molar-refractivity contribution in [3.63, 3.8) is 0 Å². The zero-order valence-electron chi connectivity index (χ0n) is 18.2. The van der Waals surface area contributed by atoms with Crippen LogP contribution in [-0.2, 0) is 10.2 Å². The van der Waals surface area contributed by atoms with Gasteiger partial charge in [-0.2, -0.15) is 0 Å². The number of nitrogens with one attached hydrogen (secondary N) is 2. The SMILES string of the molecule is COc1cc(NC(=O)C2(c3ccccc3)CCCC2)ccc1NC(=O)c1ccc(F)cc1F. The Morgan fingerprint density at radius 3 is 2.30 bits per heavy atom. The molecule has 2 amide bonds. The van der Waals surface area contributed by atoms with Gasteiger partial charge in [0.1, 0.15) is 17.4 Å². The molecule has 0 heterocycles. The van der Waals surface area contributed by atoms with E-state index in [0.29, 0.717) is 23.2 Å². The van der Waals surface area contributed by atoms with Crippen LogP contribution >= 0.6 is 0 Å². The van der Waals surface area contributed by atoms with Crippen LogP contribution in [0.25, 0.3) is 0 Å². The highest BCUT2D eigenvalue weighted by molar-refractivity contribution is 6.05. The Morgan fingerprint density at radius 2 is 1.64 bits per heavy atom. The first kappa shape index (κ1) is 22.5. The summed E-state index contributed by atoms with van der Waals surface area (Å²) >= 11 is 0. The summed E-state index contributed by atoms with van der Waals surface area (Å²) in [6.45, 7) is 0. The van der Waals surface area contributed by atoms with Crippen LogP contribution in [0, 0.1) is 11.6 Å². The van der Waals surface area contributed by atoms with E-state index in [9.17, 15) is 18.4 Å². The van der Waals surface area contributed by atoms with E-state index in [4.69, 9.17) is 4.74 Å². The van der Waals surface area contributed by atoms with Crippen molar-refractivity contribution < 1.29 is 23.1 Å². The molecule has 1 fully saturated rings. The highest BCUT2D eigenvalue weighted by Crippen LogP contribution is 2.42. The molecule has 2 N–H and O–H groups in total. The van der Waals surface area contributed by atoms with Gasteiger partial charge in [0.2, 0.25) is 5.91 Å².